The van der Waals surface area contributed by atoms with Gasteiger partial charge in [0.15, 0.2) is 5.82 Å². The molecule has 0 fully saturated rings. The van der Waals surface area contributed by atoms with E-state index in [1.54, 1.807) is 50.2 Å². The Bertz CT molecular complexity index is 1520. The molecular formula is C26H34N7O2PS. The van der Waals surface area contributed by atoms with E-state index in [1.165, 1.54) is 29.5 Å². The van der Waals surface area contributed by atoms with Gasteiger partial charge < -0.3 is 20.1 Å². The number of rotatable bonds is 6. The van der Waals surface area contributed by atoms with Crippen LogP contribution >= 0.6 is 7.14 Å². The van der Waals surface area contributed by atoms with Gasteiger partial charge in [-0.05, 0) is 86.5 Å². The minimum atomic E-state index is -2.69. The maximum absolute atomic E-state index is 13.0. The Morgan fingerprint density at radius 1 is 1.14 bits per heavy atom. The van der Waals surface area contributed by atoms with Crippen LogP contribution in [0.1, 0.15) is 35.4 Å². The molecule has 5 rings (SSSR count). The van der Waals surface area contributed by atoms with E-state index in [9.17, 15) is 8.77 Å². The molecular weight excluding hydrogens is 505 g/mol. The fraction of sp³-hybridized carbons (Fsp3) is 0.423. The Hall–Kier alpha value is -2.81. The second-order valence-electron chi connectivity index (χ2n) is 10.7. The minimum Gasteiger partial charge on any atom is -0.324 e. The highest BCUT2D eigenvalue weighted by molar-refractivity contribution is 7.92. The Labute approximate surface area is 219 Å². The molecule has 0 amide bonds. The van der Waals surface area contributed by atoms with Crippen molar-refractivity contribution in [2.24, 2.45) is 4.36 Å². The predicted octanol–water partition coefficient (Wildman–Crippen LogP) is 4.83. The van der Waals surface area contributed by atoms with Crippen LogP contribution in [-0.4, -0.2) is 63.5 Å². The van der Waals surface area contributed by atoms with Crippen molar-refractivity contribution in [1.82, 2.24) is 19.9 Å². The van der Waals surface area contributed by atoms with Gasteiger partial charge in [-0.3, -0.25) is 0 Å². The number of nitrogens with one attached hydrogen (secondary N) is 2. The Balaban J connectivity index is 1.48. The van der Waals surface area contributed by atoms with Crippen molar-refractivity contribution in [3.63, 3.8) is 0 Å². The van der Waals surface area contributed by atoms with Gasteiger partial charge in [-0.15, -0.1) is 0 Å². The lowest BCUT2D eigenvalue weighted by Crippen LogP contribution is -2.33. The zero-order chi connectivity index (χ0) is 26.4. The summed E-state index contributed by atoms with van der Waals surface area (Å²) < 4.78 is 29.3. The summed E-state index contributed by atoms with van der Waals surface area (Å²) in [4.78, 5) is 16.0. The van der Waals surface area contributed by atoms with Crippen LogP contribution < -0.4 is 15.9 Å². The summed E-state index contributed by atoms with van der Waals surface area (Å²) in [7, 11) is -2.87. The Morgan fingerprint density at radius 3 is 2.68 bits per heavy atom. The number of benzene rings is 1. The normalized spacial score (nSPS) is 17.7. The van der Waals surface area contributed by atoms with Gasteiger partial charge in [0.25, 0.3) is 0 Å². The molecule has 0 spiro atoms. The van der Waals surface area contributed by atoms with Crippen molar-refractivity contribution in [2.45, 2.75) is 31.7 Å². The van der Waals surface area contributed by atoms with E-state index in [4.69, 9.17) is 4.98 Å². The van der Waals surface area contributed by atoms with Crippen LogP contribution in [0.25, 0.3) is 0 Å². The molecule has 11 heteroatoms. The van der Waals surface area contributed by atoms with Crippen LogP contribution in [0.3, 0.4) is 0 Å². The van der Waals surface area contributed by atoms with E-state index in [0.717, 1.165) is 25.2 Å². The highest BCUT2D eigenvalue weighted by atomic mass is 32.2. The topological polar surface area (TPSA) is 112 Å². The van der Waals surface area contributed by atoms with E-state index in [2.05, 4.69) is 49.0 Å². The molecule has 196 valence electrons. The number of anilines is 4. The number of nitrogens with zero attached hydrogens (tertiary/aromatic N) is 5. The predicted molar refractivity (Wildman–Crippen MR) is 152 cm³/mol. The summed E-state index contributed by atoms with van der Waals surface area (Å²) in [6.45, 7) is 5.43. The molecule has 2 N–H and O–H groups in total. The summed E-state index contributed by atoms with van der Waals surface area (Å²) in [5, 5.41) is 7.10. The fourth-order valence-electron chi connectivity index (χ4n) is 5.25. The maximum Gasteiger partial charge on any atom is 0.229 e. The molecule has 0 bridgehead atoms. The standard InChI is InChI=1S/C26H34N7O2PS/c1-33-15-18-9-6-8-17-12-20(13-19(16-33)24(17)18)28-26-27-14-21(36(2,3)34)25(31-26)30-22-10-7-11-23(29-22)32-37(4,5)35/h7,10-14,18H,6,8-9,15-16H2,1-5H3,(H2,27,28,29,30,31). The monoisotopic (exact) mass is 539 g/mol. The molecule has 3 aromatic rings. The van der Waals surface area contributed by atoms with Crippen LogP contribution in [0.15, 0.2) is 40.9 Å². The van der Waals surface area contributed by atoms with Gasteiger partial charge >= 0.3 is 0 Å². The van der Waals surface area contributed by atoms with Gasteiger partial charge in [0.2, 0.25) is 5.95 Å². The van der Waals surface area contributed by atoms with E-state index in [1.807, 2.05) is 0 Å². The first kappa shape index (κ1) is 25.8. The molecule has 1 atom stereocenters. The summed E-state index contributed by atoms with van der Waals surface area (Å²) in [5.41, 5.74) is 5.28. The van der Waals surface area contributed by atoms with E-state index in [0.29, 0.717) is 34.6 Å². The van der Waals surface area contributed by atoms with Crippen molar-refractivity contribution in [2.75, 3.05) is 50.1 Å². The molecule has 3 heterocycles. The van der Waals surface area contributed by atoms with E-state index >= 15 is 0 Å². The molecule has 9 nitrogen and oxygen atoms in total. The summed E-state index contributed by atoms with van der Waals surface area (Å²) in [6.07, 6.45) is 8.29. The molecule has 1 aliphatic carbocycles. The van der Waals surface area contributed by atoms with Gasteiger partial charge in [0, 0.05) is 47.2 Å². The van der Waals surface area contributed by atoms with Crippen LogP contribution in [0.4, 0.5) is 29.1 Å². The zero-order valence-electron chi connectivity index (χ0n) is 22.0. The van der Waals surface area contributed by atoms with Crippen molar-refractivity contribution in [1.29, 1.82) is 0 Å². The summed E-state index contributed by atoms with van der Waals surface area (Å²) >= 11 is 0. The molecule has 1 aliphatic heterocycles. The quantitative estimate of drug-likeness (QED) is 0.429. The maximum atomic E-state index is 13.0. The third-order valence-electron chi connectivity index (χ3n) is 6.63. The van der Waals surface area contributed by atoms with Gasteiger partial charge in [-0.1, -0.05) is 6.07 Å². The van der Waals surface area contributed by atoms with Crippen LogP contribution in [0, 0.1) is 0 Å². The molecule has 0 radical (unpaired) electrons. The molecule has 37 heavy (non-hydrogen) atoms. The van der Waals surface area contributed by atoms with Crippen LogP contribution in [-0.2, 0) is 27.3 Å². The average Bonchev–Trinajstić information content (AvgIpc) is 2.77. The largest absolute Gasteiger partial charge is 0.324 e. The first-order chi connectivity index (χ1) is 17.4. The highest BCUT2D eigenvalue weighted by Crippen LogP contribution is 2.41. The fourth-order valence-corrected chi connectivity index (χ4v) is 6.76. The van der Waals surface area contributed by atoms with Crippen molar-refractivity contribution < 1.29 is 8.77 Å². The van der Waals surface area contributed by atoms with E-state index in [-0.39, 0.29) is 0 Å². The third kappa shape index (κ3) is 6.03. The smallest absolute Gasteiger partial charge is 0.229 e. The van der Waals surface area contributed by atoms with Crippen molar-refractivity contribution in [3.8, 4) is 0 Å². The SMILES string of the molecule is CN1Cc2cc(Nc3ncc(P(C)(C)=O)c(Nc4cccc(N=S(C)(C)=O)n4)n3)cc3c2C(CCC3)C1. The molecule has 2 aromatic heterocycles. The lowest BCUT2D eigenvalue weighted by atomic mass is 9.77. The first-order valence-electron chi connectivity index (χ1n) is 12.4. The molecule has 1 aromatic carbocycles. The van der Waals surface area contributed by atoms with Gasteiger partial charge in [-0.25, -0.2) is 14.2 Å². The third-order valence-corrected chi connectivity index (χ3v) is 8.74. The summed E-state index contributed by atoms with van der Waals surface area (Å²) in [5.74, 6) is 2.27. The number of aromatic nitrogens is 3. The average molecular weight is 540 g/mol. The molecule has 1 unspecified atom stereocenters. The molecule has 0 saturated carbocycles. The summed E-state index contributed by atoms with van der Waals surface area (Å²) in [6, 6.07) is 9.68. The number of aryl methyl sites for hydroxylation is 1. The highest BCUT2D eigenvalue weighted by Gasteiger charge is 2.29. The molecule has 0 saturated heterocycles. The number of pyridine rings is 1. The second kappa shape index (κ2) is 9.82. The van der Waals surface area contributed by atoms with Crippen LogP contribution in [0.2, 0.25) is 0 Å². The van der Waals surface area contributed by atoms with Crippen molar-refractivity contribution in [3.05, 3.63) is 53.2 Å². The Kier molecular flexibility index (Phi) is 6.85. The lowest BCUT2D eigenvalue weighted by Gasteiger charge is -2.37. The number of likely N-dealkylation sites (N-methyl/N-ethyl adjacent to an activating group) is 1. The van der Waals surface area contributed by atoms with Crippen molar-refractivity contribution >= 4 is 51.3 Å². The van der Waals surface area contributed by atoms with E-state index < -0.39 is 16.9 Å². The second-order valence-corrected chi connectivity index (χ2v) is 16.4. The van der Waals surface area contributed by atoms with Crippen LogP contribution in [0.5, 0.6) is 0 Å². The van der Waals surface area contributed by atoms with Gasteiger partial charge in [-0.2, -0.15) is 9.35 Å². The zero-order valence-corrected chi connectivity index (χ0v) is 23.7. The lowest BCUT2D eigenvalue weighted by molar-refractivity contribution is 0.266. The number of hydrogen-bond acceptors (Lipinski definition) is 9. The molecule has 2 aliphatic rings. The number of hydrogen-bond donors (Lipinski definition) is 2. The first-order valence-corrected chi connectivity index (χ1v) is 17.3. The minimum absolute atomic E-state index is 0.358. The van der Waals surface area contributed by atoms with Gasteiger partial charge in [0.1, 0.15) is 18.8 Å². The Morgan fingerprint density at radius 2 is 1.92 bits per heavy atom. The van der Waals surface area contributed by atoms with Gasteiger partial charge in [0.05, 0.1) is 5.30 Å².